The Labute approximate surface area is 826 Å². The predicted octanol–water partition coefficient (Wildman–Crippen LogP) is 12.7. The lowest BCUT2D eigenvalue weighted by Gasteiger charge is -2.18. The number of carbonyl (C=O) groups excluding carboxylic acids is 4. The summed E-state index contributed by atoms with van der Waals surface area (Å²) in [5.41, 5.74) is 2.23. The Hall–Kier alpha value is -17.8. The second kappa shape index (κ2) is 42.8. The molecule has 19 rings (SSSR count). The number of nitrogens with one attached hydrogen (secondary N) is 4. The fraction of sp³-hybridized carbons (Fsp3) is 0.178. The van der Waals surface area contributed by atoms with Crippen LogP contribution in [0, 0.1) is 5.92 Å². The second-order valence-corrected chi connectivity index (χ2v) is 39.6. The Kier molecular flexibility index (Phi) is 30.1. The molecule has 1 aliphatic rings. The maximum absolute atomic E-state index is 13.2. The van der Waals surface area contributed by atoms with E-state index in [1.807, 2.05) is 0 Å². The Morgan fingerprint density at radius 2 is 0.687 bits per heavy atom. The molecule has 1 atom stereocenters. The normalized spacial score (nSPS) is 12.3. The van der Waals surface area contributed by atoms with E-state index in [0.29, 0.717) is 29.0 Å². The van der Waals surface area contributed by atoms with Gasteiger partial charge in [-0.15, -0.1) is 0 Å². The zero-order valence-corrected chi connectivity index (χ0v) is 79.8. The van der Waals surface area contributed by atoms with E-state index in [2.05, 4.69) is 121 Å². The summed E-state index contributed by atoms with van der Waals surface area (Å²) in [6.07, 6.45) is 32.9. The molecule has 4 amide bonds. The van der Waals surface area contributed by atoms with Gasteiger partial charge in [-0.05, 0) is 116 Å². The van der Waals surface area contributed by atoms with Crippen LogP contribution >= 0.6 is 0 Å². The molecule has 147 heavy (non-hydrogen) atoms. The van der Waals surface area contributed by atoms with Crippen LogP contribution in [0.3, 0.4) is 0 Å². The van der Waals surface area contributed by atoms with Gasteiger partial charge in [0.05, 0.1) is 78.7 Å². The van der Waals surface area contributed by atoms with Crippen LogP contribution in [0.15, 0.2) is 273 Å². The van der Waals surface area contributed by atoms with E-state index in [4.69, 9.17) is 0 Å². The van der Waals surface area contributed by atoms with Crippen molar-refractivity contribution < 1.29 is 107 Å². The minimum absolute atomic E-state index is 0. The number of fused-ring (bicyclic) bond motifs is 4. The van der Waals surface area contributed by atoms with Crippen LogP contribution in [0.25, 0.3) is 67.6 Å². The van der Waals surface area contributed by atoms with Gasteiger partial charge < -0.3 is 44.8 Å². The quantitative estimate of drug-likeness (QED) is 0.0316. The molecule has 0 radical (unpaired) electrons. The van der Waals surface area contributed by atoms with Gasteiger partial charge in [-0.1, -0.05) is 21.3 Å². The van der Waals surface area contributed by atoms with Crippen molar-refractivity contribution in [2.45, 2.75) is 95.8 Å². The summed E-state index contributed by atoms with van der Waals surface area (Å²) >= 11 is 0. The van der Waals surface area contributed by atoms with Crippen LogP contribution in [0.5, 0.6) is 23.0 Å². The van der Waals surface area contributed by atoms with Crippen molar-refractivity contribution >= 4 is 115 Å². The van der Waals surface area contributed by atoms with Crippen LogP contribution in [-0.4, -0.2) is 212 Å². The van der Waals surface area contributed by atoms with Crippen molar-refractivity contribution in [1.82, 2.24) is 117 Å². The van der Waals surface area contributed by atoms with Gasteiger partial charge in [0, 0.05) is 163 Å². The highest BCUT2D eigenvalue weighted by Gasteiger charge is 2.35. The van der Waals surface area contributed by atoms with Crippen LogP contribution in [0.1, 0.15) is 76.1 Å². The number of imidazole rings is 1. The Bertz CT molecular complexity index is 8630. The molecule has 57 heteroatoms. The average molecular weight is 2100 g/mol. The van der Waals surface area contributed by atoms with E-state index >= 15 is 0 Å². The maximum Gasteiger partial charge on any atom is 0.387 e. The van der Waals surface area contributed by atoms with Gasteiger partial charge in [0.1, 0.15) is 79.3 Å². The second-order valence-electron chi connectivity index (χ2n) is 31.6. The fourth-order valence-electron chi connectivity index (χ4n) is 14.5. The third-order valence-electron chi connectivity index (χ3n) is 21.5. The summed E-state index contributed by atoms with van der Waals surface area (Å²) in [4.78, 5) is 83.1. The molecular weight excluding hydrogens is 2020 g/mol. The standard InChI is InChI=1S/C23H24F2N6O4S.C22H18F2N8O4S.C22H16F2N8O4S.C22H17F2N7O4S.CH4/c1-13(2)14(3)36(33,34)15-6-7-19(35-23(24)25)16(10-15)20-18(12-30(4)29-20)28-22(32)17-11-27-31-9-5-8-26-21(17)31;1-30-11-18(26-12-30)37(34,35)13-4-5-17(36-22(23)24)14(8-13)19-16(10-31(2)29-19)28-21(33)15-9-27-32-7-3-6-25-20(15)32;1-31-11-17(29-21(33)16-10-28-32-6-2-5-27-20(16)32)19(30-31)15-7-13(3-4-18(15)36-22(23)24)37(34,35)14-8-25-12-26-9-14;1-30-12-16(28-21(32)15-11-27-31-9-3-8-26-20(15)31)19(29-30)14-10-13(5-6-17(14)35-22(23)24)36(33,34)18-4-2-7-25-18;/h5-14,23H,1-4H3,(H,28,32);3-12,22H,1-2H3,(H,28,33);2-12,22H,1H3,(H,29,33);3-12,22H,2H2,1H3,(H,28,32);1H4. The lowest BCUT2D eigenvalue weighted by molar-refractivity contribution is -0.0501. The minimum atomic E-state index is -4.11. The van der Waals surface area contributed by atoms with Gasteiger partial charge in [-0.2, -0.15) is 75.9 Å². The summed E-state index contributed by atoms with van der Waals surface area (Å²) in [5.74, 6) is -3.78. The monoisotopic (exact) mass is 2100 g/mol. The molecule has 0 saturated carbocycles. The van der Waals surface area contributed by atoms with Crippen LogP contribution < -0.4 is 40.2 Å². The molecule has 14 aromatic heterocycles. The van der Waals surface area contributed by atoms with Crippen LogP contribution in [0.2, 0.25) is 0 Å². The molecule has 0 fully saturated rings. The van der Waals surface area contributed by atoms with Gasteiger partial charge in [-0.3, -0.25) is 37.9 Å². The van der Waals surface area contributed by atoms with Crippen molar-refractivity contribution in [2.24, 2.45) is 46.1 Å². The molecule has 1 aliphatic heterocycles. The molecule has 45 nitrogen and oxygen atoms in total. The summed E-state index contributed by atoms with van der Waals surface area (Å²) < 4.78 is 241. The molecule has 1 unspecified atom stereocenters. The van der Waals surface area contributed by atoms with E-state index in [0.717, 1.165) is 73.1 Å². The first-order chi connectivity index (χ1) is 69.6. The largest absolute Gasteiger partial charge is 0.434 e. The smallest absolute Gasteiger partial charge is 0.387 e. The van der Waals surface area contributed by atoms with Crippen molar-refractivity contribution in [2.75, 3.05) is 21.3 Å². The van der Waals surface area contributed by atoms with Crippen molar-refractivity contribution in [3.8, 4) is 68.0 Å². The third-order valence-corrected chi connectivity index (χ3v) is 28.9. The molecule has 0 bridgehead atoms. The summed E-state index contributed by atoms with van der Waals surface area (Å²) in [5, 5.41) is 43.0. The Morgan fingerprint density at radius 1 is 0.381 bits per heavy atom. The number of anilines is 4. The molecule has 18 aromatic rings. The predicted molar refractivity (Wildman–Crippen MR) is 508 cm³/mol. The number of nitrogens with zero attached hydrogens (tertiary/aromatic N) is 25. The molecule has 15 heterocycles. The zero-order valence-electron chi connectivity index (χ0n) is 76.6. The average Bonchev–Trinajstić information content (AvgIpc) is 1.77. The number of sulfone groups is 4. The highest BCUT2D eigenvalue weighted by molar-refractivity contribution is 7.95. The molecule has 0 aliphatic carbocycles. The number of rotatable bonds is 29. The molecule has 760 valence electrons. The topological polar surface area (TPSA) is 538 Å². The van der Waals surface area contributed by atoms with Gasteiger partial charge in [0.15, 0.2) is 42.5 Å². The van der Waals surface area contributed by atoms with E-state index in [1.165, 1.54) is 159 Å². The summed E-state index contributed by atoms with van der Waals surface area (Å²) in [7, 11) is -8.18. The minimum Gasteiger partial charge on any atom is -0.434 e. The number of amides is 4. The van der Waals surface area contributed by atoms with E-state index in [-0.39, 0.29) is 161 Å². The summed E-state index contributed by atoms with van der Waals surface area (Å²) in [6.45, 7) is -7.59. The Morgan fingerprint density at radius 3 is 0.980 bits per heavy atom. The number of alkyl halides is 8. The molecule has 0 spiro atoms. The lowest BCUT2D eigenvalue weighted by Crippen LogP contribution is -2.23. The van der Waals surface area contributed by atoms with Crippen molar-refractivity contribution in [1.29, 1.82) is 0 Å². The van der Waals surface area contributed by atoms with Gasteiger partial charge in [0.25, 0.3) is 23.6 Å². The number of hydrogen-bond donors (Lipinski definition) is 4. The number of carbonyl (C=O) groups is 4. The first-order valence-corrected chi connectivity index (χ1v) is 48.4. The number of aryl methyl sites for hydroxylation is 5. The van der Waals surface area contributed by atoms with Crippen LogP contribution in [0.4, 0.5) is 57.9 Å². The first-order valence-electron chi connectivity index (χ1n) is 42.4. The molecular formula is C90H79F8N29O16S4. The molecule has 4 N–H and O–H groups in total. The third kappa shape index (κ3) is 22.4. The van der Waals surface area contributed by atoms with Gasteiger partial charge >= 0.3 is 26.4 Å². The first kappa shape index (κ1) is 104. The zero-order chi connectivity index (χ0) is 104. The van der Waals surface area contributed by atoms with Gasteiger partial charge in [0.2, 0.25) is 29.5 Å². The highest BCUT2D eigenvalue weighted by atomic mass is 32.2. The maximum atomic E-state index is 13.2. The van der Waals surface area contributed by atoms with Crippen LogP contribution in [-0.2, 0) is 74.6 Å². The lowest BCUT2D eigenvalue weighted by atomic mass is 10.1. The summed E-state index contributed by atoms with van der Waals surface area (Å²) in [6, 6.07) is 20.4. The number of aliphatic imine (C=N–C) groups is 1. The SMILES string of the molecule is C.CC(C)C(C)S(=O)(=O)c1ccc(OC(F)F)c(-c2nn(C)cc2NC(=O)c2cnn3cccnc23)c1.Cn1cc(NC(=O)c2cnn3cccnc23)c(-c2cc(S(=O)(=O)C3=CCC=N3)ccc2OC(F)F)n1.Cn1cc(NC(=O)c2cnn3cccnc23)c(-c2cc(S(=O)(=O)c3cncnc3)ccc2OC(F)F)n1.Cn1cnc(S(=O)(=O)c2ccc(OC(F)F)c(-c3nn(C)cc3NC(=O)c3cnn4cccnc34)c2)c1. The van der Waals surface area contributed by atoms with E-state index in [9.17, 15) is 88.0 Å². The molecule has 4 aromatic carbocycles. The number of halogens is 8. The van der Waals surface area contributed by atoms with Gasteiger partial charge in [-0.25, -0.2) is 91.6 Å². The Balaban J connectivity index is 0.000000147. The number of hydrogen-bond acceptors (Lipinski definition) is 32. The highest BCUT2D eigenvalue weighted by Crippen LogP contribution is 2.44. The van der Waals surface area contributed by atoms with Crippen molar-refractivity contribution in [3.05, 3.63) is 261 Å². The number of aromatic nitrogens is 24. The van der Waals surface area contributed by atoms with Crippen molar-refractivity contribution in [3.63, 3.8) is 0 Å². The van der Waals surface area contributed by atoms with E-state index in [1.54, 1.807) is 105 Å². The number of benzene rings is 4. The number of ether oxygens (including phenoxy) is 4. The molecule has 0 saturated heterocycles. The van der Waals surface area contributed by atoms with E-state index < -0.39 is 94.7 Å². The number of allylic oxidation sites excluding steroid dienone is 1. The fourth-order valence-corrected chi connectivity index (χ4v) is 19.9.